The lowest BCUT2D eigenvalue weighted by Gasteiger charge is -2.16. The van der Waals surface area contributed by atoms with E-state index in [0.717, 1.165) is 22.0 Å². The molecule has 6 nitrogen and oxygen atoms in total. The predicted molar refractivity (Wildman–Crippen MR) is 108 cm³/mol. The summed E-state index contributed by atoms with van der Waals surface area (Å²) in [4.78, 5) is 15.4. The zero-order valence-corrected chi connectivity index (χ0v) is 16.9. The summed E-state index contributed by atoms with van der Waals surface area (Å²) in [5.41, 5.74) is 2.93. The van der Waals surface area contributed by atoms with Crippen LogP contribution in [-0.2, 0) is 31.1 Å². The fourth-order valence-electron chi connectivity index (χ4n) is 2.94. The van der Waals surface area contributed by atoms with Gasteiger partial charge in [0.15, 0.2) is 0 Å². The second-order valence-electron chi connectivity index (χ2n) is 6.27. The summed E-state index contributed by atoms with van der Waals surface area (Å²) in [7, 11) is -3.18. The SMILES string of the molecule is CCOP(=O)(Cc1ccc2[nH]c(C(=O)OCc3ccccc3)cc2c1)OCC. The van der Waals surface area contributed by atoms with Gasteiger partial charge in [0.25, 0.3) is 0 Å². The molecule has 0 amide bonds. The van der Waals surface area contributed by atoms with Gasteiger partial charge in [0, 0.05) is 10.9 Å². The van der Waals surface area contributed by atoms with Crippen LogP contribution >= 0.6 is 7.60 Å². The summed E-state index contributed by atoms with van der Waals surface area (Å²) in [5, 5.41) is 0.837. The normalized spacial score (nSPS) is 11.6. The first kappa shape index (κ1) is 20.3. The molecular formula is C21H24NO5P. The molecule has 7 heteroatoms. The minimum atomic E-state index is -3.18. The molecule has 0 saturated carbocycles. The number of carbonyl (C=O) groups excluding carboxylic acids is 1. The Bertz CT molecular complexity index is 973. The maximum absolute atomic E-state index is 12.7. The van der Waals surface area contributed by atoms with Crippen LogP contribution in [0, 0.1) is 0 Å². The molecule has 0 unspecified atom stereocenters. The number of aromatic amines is 1. The summed E-state index contributed by atoms with van der Waals surface area (Å²) in [5.74, 6) is -0.420. The van der Waals surface area contributed by atoms with E-state index in [1.165, 1.54) is 0 Å². The Labute approximate surface area is 164 Å². The molecule has 0 aliphatic rings. The van der Waals surface area contributed by atoms with Crippen LogP contribution < -0.4 is 0 Å². The maximum Gasteiger partial charge on any atom is 0.355 e. The number of esters is 1. The van der Waals surface area contributed by atoms with Gasteiger partial charge in [-0.3, -0.25) is 4.57 Å². The van der Waals surface area contributed by atoms with Gasteiger partial charge in [0.2, 0.25) is 0 Å². The Morgan fingerprint density at radius 3 is 2.36 bits per heavy atom. The van der Waals surface area contributed by atoms with Gasteiger partial charge in [-0.1, -0.05) is 36.4 Å². The van der Waals surface area contributed by atoms with Gasteiger partial charge < -0.3 is 18.8 Å². The third-order valence-corrected chi connectivity index (χ3v) is 6.20. The van der Waals surface area contributed by atoms with E-state index in [9.17, 15) is 9.36 Å². The molecule has 0 saturated heterocycles. The summed E-state index contributed by atoms with van der Waals surface area (Å²) in [6.45, 7) is 4.43. The minimum absolute atomic E-state index is 0.184. The zero-order valence-electron chi connectivity index (χ0n) is 16.0. The highest BCUT2D eigenvalue weighted by Gasteiger charge is 2.24. The summed E-state index contributed by atoms with van der Waals surface area (Å²) in [6.07, 6.45) is 0.184. The third-order valence-electron chi connectivity index (χ3n) is 4.15. The van der Waals surface area contributed by atoms with Crippen LogP contribution in [0.2, 0.25) is 0 Å². The molecule has 0 aliphatic heterocycles. The molecule has 1 heterocycles. The van der Waals surface area contributed by atoms with Gasteiger partial charge in [-0.15, -0.1) is 0 Å². The lowest BCUT2D eigenvalue weighted by Crippen LogP contribution is -2.05. The summed E-state index contributed by atoms with van der Waals surface area (Å²) < 4.78 is 28.8. The van der Waals surface area contributed by atoms with Crippen LogP contribution in [0.1, 0.15) is 35.5 Å². The van der Waals surface area contributed by atoms with Crippen molar-refractivity contribution in [3.63, 3.8) is 0 Å². The van der Waals surface area contributed by atoms with Crippen molar-refractivity contribution in [3.8, 4) is 0 Å². The first-order valence-corrected chi connectivity index (χ1v) is 11.0. The Hall–Kier alpha value is -2.40. The average Bonchev–Trinajstić information content (AvgIpc) is 3.10. The van der Waals surface area contributed by atoms with Crippen LogP contribution in [-0.4, -0.2) is 24.2 Å². The van der Waals surface area contributed by atoms with Crippen molar-refractivity contribution < 1.29 is 23.1 Å². The number of carbonyl (C=O) groups is 1. The molecule has 1 N–H and O–H groups in total. The Morgan fingerprint density at radius 2 is 1.68 bits per heavy atom. The fraction of sp³-hybridized carbons (Fsp3) is 0.286. The Morgan fingerprint density at radius 1 is 0.964 bits per heavy atom. The van der Waals surface area contributed by atoms with Gasteiger partial charge in [0.1, 0.15) is 12.3 Å². The monoisotopic (exact) mass is 401 g/mol. The number of H-pyrrole nitrogens is 1. The average molecular weight is 401 g/mol. The molecule has 0 aliphatic carbocycles. The first-order chi connectivity index (χ1) is 13.5. The second-order valence-corrected chi connectivity index (χ2v) is 8.33. The lowest BCUT2D eigenvalue weighted by atomic mass is 10.2. The van der Waals surface area contributed by atoms with Crippen LogP contribution in [0.5, 0.6) is 0 Å². The molecular weight excluding hydrogens is 377 g/mol. The Kier molecular flexibility index (Phi) is 6.68. The largest absolute Gasteiger partial charge is 0.456 e. The number of aromatic nitrogens is 1. The first-order valence-electron chi connectivity index (χ1n) is 9.24. The smallest absolute Gasteiger partial charge is 0.355 e. The highest BCUT2D eigenvalue weighted by molar-refractivity contribution is 7.53. The number of hydrogen-bond acceptors (Lipinski definition) is 5. The van der Waals surface area contributed by atoms with Crippen molar-refractivity contribution in [2.45, 2.75) is 26.6 Å². The van der Waals surface area contributed by atoms with E-state index in [1.54, 1.807) is 19.9 Å². The number of ether oxygens (including phenoxy) is 1. The topological polar surface area (TPSA) is 77.6 Å². The highest BCUT2D eigenvalue weighted by atomic mass is 31.2. The van der Waals surface area contributed by atoms with Gasteiger partial charge >= 0.3 is 13.6 Å². The molecule has 0 radical (unpaired) electrons. The van der Waals surface area contributed by atoms with E-state index in [4.69, 9.17) is 13.8 Å². The van der Waals surface area contributed by atoms with Crippen molar-refractivity contribution in [1.29, 1.82) is 0 Å². The van der Waals surface area contributed by atoms with Crippen molar-refractivity contribution in [3.05, 3.63) is 71.4 Å². The molecule has 148 valence electrons. The van der Waals surface area contributed by atoms with Crippen molar-refractivity contribution in [2.24, 2.45) is 0 Å². The number of fused-ring (bicyclic) bond motifs is 1. The quantitative estimate of drug-likeness (QED) is 0.389. The molecule has 0 atom stereocenters. The van der Waals surface area contributed by atoms with Crippen LogP contribution in [0.15, 0.2) is 54.6 Å². The van der Waals surface area contributed by atoms with Gasteiger partial charge in [0.05, 0.1) is 19.4 Å². The molecule has 0 spiro atoms. The summed E-state index contributed by atoms with van der Waals surface area (Å²) >= 11 is 0. The zero-order chi connectivity index (χ0) is 20.0. The molecule has 2 aromatic carbocycles. The maximum atomic E-state index is 12.7. The molecule has 28 heavy (non-hydrogen) atoms. The summed E-state index contributed by atoms with van der Waals surface area (Å²) in [6, 6.07) is 16.8. The second kappa shape index (κ2) is 9.20. The highest BCUT2D eigenvalue weighted by Crippen LogP contribution is 2.51. The van der Waals surface area contributed by atoms with Gasteiger partial charge in [-0.25, -0.2) is 4.79 Å². The van der Waals surface area contributed by atoms with Gasteiger partial charge in [-0.05, 0) is 43.2 Å². The number of hydrogen-bond donors (Lipinski definition) is 1. The van der Waals surface area contributed by atoms with E-state index in [1.807, 2.05) is 48.5 Å². The van der Waals surface area contributed by atoms with Crippen molar-refractivity contribution >= 4 is 24.5 Å². The molecule has 0 fully saturated rings. The van der Waals surface area contributed by atoms with E-state index in [-0.39, 0.29) is 12.8 Å². The van der Waals surface area contributed by atoms with E-state index >= 15 is 0 Å². The van der Waals surface area contributed by atoms with Gasteiger partial charge in [-0.2, -0.15) is 0 Å². The number of nitrogens with one attached hydrogen (secondary N) is 1. The van der Waals surface area contributed by atoms with E-state index in [0.29, 0.717) is 18.9 Å². The lowest BCUT2D eigenvalue weighted by molar-refractivity contribution is 0.0467. The fourth-order valence-corrected chi connectivity index (χ4v) is 4.62. The molecule has 1 aromatic heterocycles. The molecule has 3 rings (SSSR count). The van der Waals surface area contributed by atoms with Crippen LogP contribution in [0.3, 0.4) is 0 Å². The third kappa shape index (κ3) is 5.10. The van der Waals surface area contributed by atoms with Crippen LogP contribution in [0.25, 0.3) is 10.9 Å². The van der Waals surface area contributed by atoms with Crippen molar-refractivity contribution in [1.82, 2.24) is 4.98 Å². The van der Waals surface area contributed by atoms with Crippen LogP contribution in [0.4, 0.5) is 0 Å². The standard InChI is InChI=1S/C21H24NO5P/c1-3-26-28(24,27-4-2)15-17-10-11-19-18(12-17)13-20(22-19)21(23)25-14-16-8-6-5-7-9-16/h5-13,22H,3-4,14-15H2,1-2H3. The molecule has 0 bridgehead atoms. The minimum Gasteiger partial charge on any atom is -0.456 e. The van der Waals surface area contributed by atoms with E-state index in [2.05, 4.69) is 4.98 Å². The molecule has 3 aromatic rings. The van der Waals surface area contributed by atoms with E-state index < -0.39 is 13.6 Å². The number of benzene rings is 2. The predicted octanol–water partition coefficient (Wildman–Crippen LogP) is 5.29. The van der Waals surface area contributed by atoms with Crippen molar-refractivity contribution in [2.75, 3.05) is 13.2 Å². The Balaban J connectivity index is 1.73. The number of rotatable bonds is 9.